The fraction of sp³-hybridized carbons (Fsp3) is 0.111. The minimum absolute atomic E-state index is 0.205. The summed E-state index contributed by atoms with van der Waals surface area (Å²) in [5.74, 6) is -2.77. The van der Waals surface area contributed by atoms with E-state index in [2.05, 4.69) is 10.1 Å². The van der Waals surface area contributed by atoms with Crippen LogP contribution in [0.3, 0.4) is 0 Å². The van der Waals surface area contributed by atoms with Gasteiger partial charge in [0.25, 0.3) is 0 Å². The van der Waals surface area contributed by atoms with Crippen LogP contribution in [-0.4, -0.2) is 33.0 Å². The van der Waals surface area contributed by atoms with Gasteiger partial charge in [0.1, 0.15) is 30.8 Å². The normalized spacial score (nSPS) is 10.6. The Hall–Kier alpha value is -3.13. The molecule has 0 atom stereocenters. The molecule has 0 saturated heterocycles. The Balaban J connectivity index is 1.90. The van der Waals surface area contributed by atoms with Gasteiger partial charge in [0.05, 0.1) is 12.2 Å². The number of Topliss-reactive ketones (excluding diaryl/α,β-unsaturated/α-hetero) is 1. The van der Waals surface area contributed by atoms with Gasteiger partial charge < -0.3 is 4.90 Å². The Kier molecular flexibility index (Phi) is 5.56. The van der Waals surface area contributed by atoms with E-state index in [0.29, 0.717) is 16.7 Å². The molecule has 2 aromatic carbocycles. The number of hydrogen-bond donors (Lipinski definition) is 0. The molecule has 27 heavy (non-hydrogen) atoms. The van der Waals surface area contributed by atoms with E-state index >= 15 is 0 Å². The van der Waals surface area contributed by atoms with Crippen LogP contribution in [-0.2, 0) is 11.3 Å². The van der Waals surface area contributed by atoms with Gasteiger partial charge in [0.2, 0.25) is 5.91 Å². The summed E-state index contributed by atoms with van der Waals surface area (Å²) in [6, 6.07) is 8.86. The first-order valence-electron chi connectivity index (χ1n) is 7.80. The highest BCUT2D eigenvalue weighted by molar-refractivity contribution is 6.30. The quantitative estimate of drug-likeness (QED) is 0.606. The third-order valence-electron chi connectivity index (χ3n) is 3.73. The van der Waals surface area contributed by atoms with E-state index in [4.69, 9.17) is 11.6 Å². The highest BCUT2D eigenvalue weighted by Crippen LogP contribution is 2.22. The molecule has 1 aromatic heterocycles. The maximum atomic E-state index is 14.2. The minimum atomic E-state index is -0.953. The van der Waals surface area contributed by atoms with E-state index in [1.165, 1.54) is 41.6 Å². The Bertz CT molecular complexity index is 962. The number of carbonyl (C=O) groups is 2. The molecule has 0 aliphatic heterocycles. The van der Waals surface area contributed by atoms with Crippen molar-refractivity contribution >= 4 is 29.0 Å². The zero-order valence-electron chi connectivity index (χ0n) is 13.8. The molecule has 0 fully saturated rings. The van der Waals surface area contributed by atoms with Crippen molar-refractivity contribution in [3.05, 3.63) is 77.3 Å². The molecule has 0 N–H and O–H groups in total. The first-order chi connectivity index (χ1) is 12.9. The van der Waals surface area contributed by atoms with Crippen LogP contribution in [0.1, 0.15) is 10.4 Å². The molecule has 0 aliphatic carbocycles. The molecular weight excluding hydrogens is 378 g/mol. The van der Waals surface area contributed by atoms with Crippen LogP contribution in [0, 0.1) is 11.6 Å². The molecule has 3 aromatic rings. The zero-order chi connectivity index (χ0) is 19.4. The first kappa shape index (κ1) is 18.7. The Morgan fingerprint density at radius 2 is 1.85 bits per heavy atom. The van der Waals surface area contributed by atoms with Gasteiger partial charge in [-0.25, -0.2) is 18.4 Å². The number of carbonyl (C=O) groups excluding carboxylic acids is 2. The number of halogens is 3. The number of hydrogen-bond acceptors (Lipinski definition) is 4. The van der Waals surface area contributed by atoms with Crippen molar-refractivity contribution in [2.45, 2.75) is 6.54 Å². The largest absolute Gasteiger partial charge is 0.300 e. The second kappa shape index (κ2) is 8.05. The monoisotopic (exact) mass is 390 g/mol. The summed E-state index contributed by atoms with van der Waals surface area (Å²) < 4.78 is 28.7. The molecule has 1 heterocycles. The SMILES string of the molecule is O=C(CN(C(=O)Cn1cncn1)c1ccc(F)cc1F)c1ccc(Cl)cc1. The number of anilines is 1. The van der Waals surface area contributed by atoms with Crippen LogP contribution in [0.15, 0.2) is 55.1 Å². The summed E-state index contributed by atoms with van der Waals surface area (Å²) in [5.41, 5.74) is 0.101. The Labute approximate surface area is 158 Å². The highest BCUT2D eigenvalue weighted by Gasteiger charge is 2.23. The van der Waals surface area contributed by atoms with Gasteiger partial charge >= 0.3 is 0 Å². The number of amides is 1. The topological polar surface area (TPSA) is 68.1 Å². The molecule has 138 valence electrons. The minimum Gasteiger partial charge on any atom is -0.300 e. The average Bonchev–Trinajstić information content (AvgIpc) is 3.13. The molecule has 0 saturated carbocycles. The van der Waals surface area contributed by atoms with E-state index in [1.54, 1.807) is 0 Å². The van der Waals surface area contributed by atoms with E-state index < -0.39 is 29.9 Å². The van der Waals surface area contributed by atoms with Crippen molar-refractivity contribution in [2.24, 2.45) is 0 Å². The van der Waals surface area contributed by atoms with E-state index in [9.17, 15) is 18.4 Å². The Morgan fingerprint density at radius 1 is 1.11 bits per heavy atom. The molecular formula is C18H13ClF2N4O2. The third-order valence-corrected chi connectivity index (χ3v) is 3.99. The molecule has 0 aliphatic rings. The second-order valence-corrected chi connectivity index (χ2v) is 6.04. The molecule has 9 heteroatoms. The number of nitrogens with zero attached hydrogens (tertiary/aromatic N) is 4. The van der Waals surface area contributed by atoms with Crippen molar-refractivity contribution < 1.29 is 18.4 Å². The molecule has 6 nitrogen and oxygen atoms in total. The molecule has 1 amide bonds. The van der Waals surface area contributed by atoms with Gasteiger partial charge in [-0.05, 0) is 36.4 Å². The third kappa shape index (κ3) is 4.53. The van der Waals surface area contributed by atoms with E-state index in [1.807, 2.05) is 0 Å². The lowest BCUT2D eigenvalue weighted by molar-refractivity contribution is -0.119. The smallest absolute Gasteiger partial charge is 0.249 e. The number of ketones is 1. The predicted molar refractivity (Wildman–Crippen MR) is 94.5 cm³/mol. The first-order valence-corrected chi connectivity index (χ1v) is 8.18. The maximum Gasteiger partial charge on any atom is 0.249 e. The van der Waals surface area contributed by atoms with Crippen molar-refractivity contribution in [3.8, 4) is 0 Å². The van der Waals surface area contributed by atoms with Crippen molar-refractivity contribution in [3.63, 3.8) is 0 Å². The number of aromatic nitrogens is 3. The van der Waals surface area contributed by atoms with Crippen LogP contribution in [0.4, 0.5) is 14.5 Å². The van der Waals surface area contributed by atoms with Crippen molar-refractivity contribution in [2.75, 3.05) is 11.4 Å². The molecule has 0 spiro atoms. The molecule has 0 radical (unpaired) electrons. The lowest BCUT2D eigenvalue weighted by Gasteiger charge is -2.22. The fourth-order valence-electron chi connectivity index (χ4n) is 2.42. The van der Waals surface area contributed by atoms with E-state index in [-0.39, 0.29) is 12.2 Å². The summed E-state index contributed by atoms with van der Waals surface area (Å²) >= 11 is 5.81. The van der Waals surface area contributed by atoms with Crippen LogP contribution >= 0.6 is 11.6 Å². The summed E-state index contributed by atoms with van der Waals surface area (Å²) in [7, 11) is 0. The zero-order valence-corrected chi connectivity index (χ0v) is 14.6. The van der Waals surface area contributed by atoms with Crippen LogP contribution in [0.2, 0.25) is 5.02 Å². The standard InChI is InChI=1S/C18H13ClF2N4O2/c19-13-3-1-12(2-4-13)17(26)8-25(16-6-5-14(20)7-15(16)21)18(27)9-24-11-22-10-23-24/h1-7,10-11H,8-9H2. The van der Waals surface area contributed by atoms with Gasteiger partial charge in [-0.1, -0.05) is 11.6 Å². The maximum absolute atomic E-state index is 14.2. The summed E-state index contributed by atoms with van der Waals surface area (Å²) in [4.78, 5) is 29.9. The Morgan fingerprint density at radius 3 is 2.48 bits per heavy atom. The summed E-state index contributed by atoms with van der Waals surface area (Å²) in [6.07, 6.45) is 2.56. The molecule has 3 rings (SSSR count). The van der Waals surface area contributed by atoms with Crippen LogP contribution in [0.5, 0.6) is 0 Å². The van der Waals surface area contributed by atoms with Gasteiger partial charge in [-0.15, -0.1) is 0 Å². The lowest BCUT2D eigenvalue weighted by Crippen LogP contribution is -2.38. The van der Waals surface area contributed by atoms with Gasteiger partial charge in [-0.3, -0.25) is 9.59 Å². The van der Waals surface area contributed by atoms with Crippen molar-refractivity contribution in [1.29, 1.82) is 0 Å². The fourth-order valence-corrected chi connectivity index (χ4v) is 2.54. The molecule has 0 bridgehead atoms. The van der Waals surface area contributed by atoms with Gasteiger partial charge in [-0.2, -0.15) is 5.10 Å². The highest BCUT2D eigenvalue weighted by atomic mass is 35.5. The molecule has 0 unspecified atom stereocenters. The van der Waals surface area contributed by atoms with Crippen molar-refractivity contribution in [1.82, 2.24) is 14.8 Å². The summed E-state index contributed by atoms with van der Waals surface area (Å²) in [5, 5.41) is 4.27. The predicted octanol–water partition coefficient (Wildman–Crippen LogP) is 3.13. The average molecular weight is 391 g/mol. The van der Waals surface area contributed by atoms with Crippen LogP contribution < -0.4 is 4.90 Å². The van der Waals surface area contributed by atoms with Gasteiger partial charge in [0, 0.05) is 16.7 Å². The lowest BCUT2D eigenvalue weighted by atomic mass is 10.1. The number of rotatable bonds is 6. The van der Waals surface area contributed by atoms with Crippen LogP contribution in [0.25, 0.3) is 0 Å². The second-order valence-electron chi connectivity index (χ2n) is 5.60. The van der Waals surface area contributed by atoms with E-state index in [0.717, 1.165) is 17.0 Å². The van der Waals surface area contributed by atoms with Gasteiger partial charge in [0.15, 0.2) is 5.78 Å². The number of benzene rings is 2. The summed E-state index contributed by atoms with van der Waals surface area (Å²) in [6.45, 7) is -0.692.